The first-order valence-corrected chi connectivity index (χ1v) is 5.59. The molecule has 3 nitrogen and oxygen atoms in total. The van der Waals surface area contributed by atoms with Gasteiger partial charge in [0.25, 0.3) is 0 Å². The van der Waals surface area contributed by atoms with Crippen molar-refractivity contribution in [1.29, 1.82) is 5.26 Å². The predicted molar refractivity (Wildman–Crippen MR) is 68.1 cm³/mol. The van der Waals surface area contributed by atoms with E-state index in [9.17, 15) is 0 Å². The summed E-state index contributed by atoms with van der Waals surface area (Å²) < 4.78 is 2.04. The Kier molecular flexibility index (Phi) is 3.15. The van der Waals surface area contributed by atoms with Gasteiger partial charge in [0.1, 0.15) is 0 Å². The second-order valence-corrected chi connectivity index (χ2v) is 4.06. The van der Waals surface area contributed by atoms with Gasteiger partial charge in [-0.2, -0.15) is 5.26 Å². The van der Waals surface area contributed by atoms with E-state index in [1.165, 1.54) is 0 Å². The molecule has 86 valence electrons. The molecule has 0 aliphatic rings. The Morgan fingerprint density at radius 3 is 2.41 bits per heavy atom. The third kappa shape index (κ3) is 2.31. The van der Waals surface area contributed by atoms with Crippen LogP contribution in [0.4, 0.5) is 0 Å². The first-order chi connectivity index (χ1) is 8.22. The third-order valence-electron chi connectivity index (χ3n) is 2.84. The van der Waals surface area contributed by atoms with Crippen molar-refractivity contribution in [3.05, 3.63) is 58.9 Å². The number of hydrogen-bond acceptors (Lipinski definition) is 2. The van der Waals surface area contributed by atoms with Gasteiger partial charge in [0.2, 0.25) is 0 Å². The van der Waals surface area contributed by atoms with Crippen LogP contribution in [0, 0.1) is 25.2 Å². The lowest BCUT2D eigenvalue weighted by molar-refractivity contribution is 0.791. The van der Waals surface area contributed by atoms with Crippen LogP contribution in [0.5, 0.6) is 0 Å². The van der Waals surface area contributed by atoms with Crippen molar-refractivity contribution in [2.75, 3.05) is 5.43 Å². The van der Waals surface area contributed by atoms with Crippen LogP contribution < -0.4 is 5.43 Å². The fourth-order valence-electron chi connectivity index (χ4n) is 1.87. The molecule has 0 atom stereocenters. The van der Waals surface area contributed by atoms with Crippen molar-refractivity contribution in [2.24, 2.45) is 0 Å². The number of aryl methyl sites for hydroxylation is 2. The molecule has 0 bridgehead atoms. The van der Waals surface area contributed by atoms with Crippen LogP contribution in [0.3, 0.4) is 0 Å². The molecule has 1 aromatic carbocycles. The maximum absolute atomic E-state index is 9.00. The van der Waals surface area contributed by atoms with E-state index in [0.717, 1.165) is 22.5 Å². The molecule has 1 heterocycles. The Balaban J connectivity index is 2.16. The number of nitrogens with zero attached hydrogens (tertiary/aromatic N) is 2. The zero-order valence-electron chi connectivity index (χ0n) is 10.1. The molecule has 0 amide bonds. The van der Waals surface area contributed by atoms with E-state index in [-0.39, 0.29) is 0 Å². The highest BCUT2D eigenvalue weighted by molar-refractivity contribution is 5.37. The van der Waals surface area contributed by atoms with Crippen molar-refractivity contribution in [2.45, 2.75) is 20.4 Å². The molecule has 0 fully saturated rings. The monoisotopic (exact) mass is 225 g/mol. The molecule has 0 aliphatic heterocycles. The van der Waals surface area contributed by atoms with Gasteiger partial charge >= 0.3 is 0 Å². The summed E-state index contributed by atoms with van der Waals surface area (Å²) in [4.78, 5) is 0. The molecule has 17 heavy (non-hydrogen) atoms. The highest BCUT2D eigenvalue weighted by Gasteiger charge is 2.03. The minimum absolute atomic E-state index is 0.653. The summed E-state index contributed by atoms with van der Waals surface area (Å²) in [6.07, 6.45) is 0. The molecule has 0 saturated heterocycles. The van der Waals surface area contributed by atoms with Crippen molar-refractivity contribution >= 4 is 0 Å². The largest absolute Gasteiger partial charge is 0.321 e. The SMILES string of the molecule is Cc1ccc(C)n1NCc1ccccc1C#N. The molecular formula is C14H15N3. The minimum atomic E-state index is 0.653. The van der Waals surface area contributed by atoms with Gasteiger partial charge in [0.15, 0.2) is 0 Å². The Bertz CT molecular complexity index is 542. The normalized spacial score (nSPS) is 9.94. The predicted octanol–water partition coefficient (Wildman–Crippen LogP) is 2.72. The fraction of sp³-hybridized carbons (Fsp3) is 0.214. The summed E-state index contributed by atoms with van der Waals surface area (Å²) in [5.41, 5.74) is 7.39. The van der Waals surface area contributed by atoms with Gasteiger partial charge in [-0.15, -0.1) is 0 Å². The van der Waals surface area contributed by atoms with Crippen molar-refractivity contribution < 1.29 is 0 Å². The average molecular weight is 225 g/mol. The summed E-state index contributed by atoms with van der Waals surface area (Å²) in [5, 5.41) is 9.00. The molecule has 3 heteroatoms. The summed E-state index contributed by atoms with van der Waals surface area (Å²) in [7, 11) is 0. The van der Waals surface area contributed by atoms with Gasteiger partial charge in [-0.05, 0) is 37.6 Å². The quantitative estimate of drug-likeness (QED) is 0.872. The standard InChI is InChI=1S/C14H15N3/c1-11-7-8-12(2)17(11)16-10-14-6-4-3-5-13(14)9-15/h3-8,16H,10H2,1-2H3. The zero-order valence-corrected chi connectivity index (χ0v) is 10.1. The highest BCUT2D eigenvalue weighted by Crippen LogP contribution is 2.09. The highest BCUT2D eigenvalue weighted by atomic mass is 15.4. The van der Waals surface area contributed by atoms with Gasteiger partial charge in [0.05, 0.1) is 18.2 Å². The topological polar surface area (TPSA) is 40.8 Å². The molecule has 0 radical (unpaired) electrons. The maximum atomic E-state index is 9.00. The van der Waals surface area contributed by atoms with Crippen LogP contribution in [0.25, 0.3) is 0 Å². The molecule has 1 N–H and O–H groups in total. The molecule has 0 unspecified atom stereocenters. The van der Waals surface area contributed by atoms with Crippen LogP contribution in [0.1, 0.15) is 22.5 Å². The van der Waals surface area contributed by atoms with Gasteiger partial charge in [-0.25, -0.2) is 0 Å². The molecule has 0 saturated carbocycles. The average Bonchev–Trinajstić information content (AvgIpc) is 2.67. The molecule has 0 aliphatic carbocycles. The maximum Gasteiger partial charge on any atom is 0.0995 e. The second-order valence-electron chi connectivity index (χ2n) is 4.06. The summed E-state index contributed by atoms with van der Waals surface area (Å²) in [6, 6.07) is 14.0. The number of rotatable bonds is 3. The van der Waals surface area contributed by atoms with Crippen LogP contribution in [-0.4, -0.2) is 4.68 Å². The van der Waals surface area contributed by atoms with Crippen LogP contribution >= 0.6 is 0 Å². The summed E-state index contributed by atoms with van der Waals surface area (Å²) in [5.74, 6) is 0. The summed E-state index contributed by atoms with van der Waals surface area (Å²) >= 11 is 0. The molecule has 0 spiro atoms. The first-order valence-electron chi connectivity index (χ1n) is 5.59. The summed E-state index contributed by atoms with van der Waals surface area (Å²) in [6.45, 7) is 4.76. The van der Waals surface area contributed by atoms with Gasteiger partial charge in [0, 0.05) is 11.4 Å². The number of hydrogen-bond donors (Lipinski definition) is 1. The van der Waals surface area contributed by atoms with Gasteiger partial charge in [-0.3, -0.25) is 4.68 Å². The van der Waals surface area contributed by atoms with Crippen molar-refractivity contribution in [3.8, 4) is 6.07 Å². The van der Waals surface area contributed by atoms with Crippen LogP contribution in [0.15, 0.2) is 36.4 Å². The van der Waals surface area contributed by atoms with Crippen LogP contribution in [-0.2, 0) is 6.54 Å². The smallest absolute Gasteiger partial charge is 0.0995 e. The Morgan fingerprint density at radius 2 is 1.76 bits per heavy atom. The van der Waals surface area contributed by atoms with Crippen molar-refractivity contribution in [1.82, 2.24) is 4.68 Å². The van der Waals surface area contributed by atoms with E-state index in [1.807, 2.05) is 28.9 Å². The van der Waals surface area contributed by atoms with E-state index in [2.05, 4.69) is 37.5 Å². The molecule has 1 aromatic heterocycles. The van der Waals surface area contributed by atoms with E-state index in [4.69, 9.17) is 5.26 Å². The number of benzene rings is 1. The molecule has 2 rings (SSSR count). The second kappa shape index (κ2) is 4.75. The van der Waals surface area contributed by atoms with E-state index >= 15 is 0 Å². The molecular weight excluding hydrogens is 210 g/mol. The zero-order chi connectivity index (χ0) is 12.3. The van der Waals surface area contributed by atoms with Gasteiger partial charge in [-0.1, -0.05) is 18.2 Å². The van der Waals surface area contributed by atoms with E-state index in [0.29, 0.717) is 6.54 Å². The molecule has 2 aromatic rings. The fourth-order valence-corrected chi connectivity index (χ4v) is 1.87. The van der Waals surface area contributed by atoms with E-state index < -0.39 is 0 Å². The Morgan fingerprint density at radius 1 is 1.12 bits per heavy atom. The Hall–Kier alpha value is -2.21. The van der Waals surface area contributed by atoms with Crippen molar-refractivity contribution in [3.63, 3.8) is 0 Å². The number of nitrogens with one attached hydrogen (secondary N) is 1. The minimum Gasteiger partial charge on any atom is -0.321 e. The third-order valence-corrected chi connectivity index (χ3v) is 2.84. The number of nitriles is 1. The van der Waals surface area contributed by atoms with Crippen LogP contribution in [0.2, 0.25) is 0 Å². The lowest BCUT2D eigenvalue weighted by Crippen LogP contribution is -2.17. The Labute approximate surface area is 101 Å². The lowest BCUT2D eigenvalue weighted by Gasteiger charge is -2.13. The lowest BCUT2D eigenvalue weighted by atomic mass is 10.1. The number of aromatic nitrogens is 1. The van der Waals surface area contributed by atoms with Gasteiger partial charge < -0.3 is 5.43 Å². The van der Waals surface area contributed by atoms with E-state index in [1.54, 1.807) is 0 Å². The first kappa shape index (κ1) is 11.3.